The summed E-state index contributed by atoms with van der Waals surface area (Å²) in [7, 11) is 0. The molecular formula is C16H18N2OS. The van der Waals surface area contributed by atoms with E-state index in [0.717, 1.165) is 19.5 Å². The molecule has 2 heterocycles. The Hall–Kier alpha value is -1.65. The Labute approximate surface area is 123 Å². The van der Waals surface area contributed by atoms with Gasteiger partial charge in [0, 0.05) is 19.6 Å². The fourth-order valence-corrected chi connectivity index (χ4v) is 3.32. The first-order valence-corrected chi connectivity index (χ1v) is 7.86. The Balaban J connectivity index is 1.60. The summed E-state index contributed by atoms with van der Waals surface area (Å²) in [5.74, 6) is 0.0577. The summed E-state index contributed by atoms with van der Waals surface area (Å²) in [6.45, 7) is 2.28. The van der Waals surface area contributed by atoms with Gasteiger partial charge in [0.1, 0.15) is 0 Å². The molecule has 0 fully saturated rings. The summed E-state index contributed by atoms with van der Waals surface area (Å²) in [6, 6.07) is 10.3. The maximum Gasteiger partial charge on any atom is 0.228 e. The summed E-state index contributed by atoms with van der Waals surface area (Å²) in [5.41, 5.74) is 3.69. The Kier molecular flexibility index (Phi) is 4.14. The van der Waals surface area contributed by atoms with Gasteiger partial charge in [-0.1, -0.05) is 24.3 Å². The highest BCUT2D eigenvalue weighted by Crippen LogP contribution is 2.23. The van der Waals surface area contributed by atoms with E-state index in [4.69, 9.17) is 0 Å². The maximum atomic E-state index is 12.3. The highest BCUT2D eigenvalue weighted by molar-refractivity contribution is 7.07. The molecule has 0 spiro atoms. The smallest absolute Gasteiger partial charge is 0.228 e. The van der Waals surface area contributed by atoms with Crippen LogP contribution in [0.25, 0.3) is 0 Å². The third kappa shape index (κ3) is 2.92. The lowest BCUT2D eigenvalue weighted by atomic mass is 9.90. The molecule has 1 aliphatic heterocycles. The van der Waals surface area contributed by atoms with Crippen LogP contribution in [0, 0.1) is 0 Å². The molecule has 1 amide bonds. The molecule has 2 N–H and O–H groups in total. The lowest BCUT2D eigenvalue weighted by Gasteiger charge is -2.25. The van der Waals surface area contributed by atoms with Crippen molar-refractivity contribution in [3.63, 3.8) is 0 Å². The van der Waals surface area contributed by atoms with Crippen molar-refractivity contribution < 1.29 is 4.79 Å². The van der Waals surface area contributed by atoms with Crippen molar-refractivity contribution in [3.05, 3.63) is 57.8 Å². The molecular weight excluding hydrogens is 268 g/mol. The summed E-state index contributed by atoms with van der Waals surface area (Å²) in [5, 5.41) is 10.6. The van der Waals surface area contributed by atoms with Crippen LogP contribution < -0.4 is 10.6 Å². The van der Waals surface area contributed by atoms with E-state index in [9.17, 15) is 4.79 Å². The first kappa shape index (κ1) is 13.3. The van der Waals surface area contributed by atoms with Gasteiger partial charge in [-0.2, -0.15) is 11.3 Å². The predicted octanol–water partition coefficient (Wildman–Crippen LogP) is 2.29. The number of carbonyl (C=O) groups excluding carboxylic acids is 1. The zero-order valence-corrected chi connectivity index (χ0v) is 12.1. The molecule has 1 atom stereocenters. The Morgan fingerprint density at radius 3 is 3.10 bits per heavy atom. The lowest BCUT2D eigenvalue weighted by Crippen LogP contribution is -2.39. The Morgan fingerprint density at radius 2 is 2.25 bits per heavy atom. The molecule has 0 radical (unpaired) electrons. The SMILES string of the molecule is O=C(NCCc1ccsc1)C1CNCc2ccccc21. The van der Waals surface area contributed by atoms with Gasteiger partial charge in [0.25, 0.3) is 0 Å². The monoisotopic (exact) mass is 286 g/mol. The van der Waals surface area contributed by atoms with Crippen molar-refractivity contribution in [2.75, 3.05) is 13.1 Å². The number of fused-ring (bicyclic) bond motifs is 1. The van der Waals surface area contributed by atoms with E-state index in [-0.39, 0.29) is 11.8 Å². The topological polar surface area (TPSA) is 41.1 Å². The highest BCUT2D eigenvalue weighted by atomic mass is 32.1. The first-order chi connectivity index (χ1) is 9.84. The van der Waals surface area contributed by atoms with Crippen molar-refractivity contribution in [1.29, 1.82) is 0 Å². The molecule has 0 bridgehead atoms. The molecule has 2 aromatic rings. The van der Waals surface area contributed by atoms with Gasteiger partial charge >= 0.3 is 0 Å². The van der Waals surface area contributed by atoms with Crippen LogP contribution >= 0.6 is 11.3 Å². The van der Waals surface area contributed by atoms with Crippen molar-refractivity contribution in [2.24, 2.45) is 0 Å². The standard InChI is InChI=1S/C16H18N2OS/c19-16(18-7-5-12-6-8-20-11-12)15-10-17-9-13-3-1-2-4-14(13)15/h1-4,6,8,11,15,17H,5,7,9-10H2,(H,18,19). The van der Waals surface area contributed by atoms with Gasteiger partial charge in [0.15, 0.2) is 0 Å². The molecule has 1 aromatic heterocycles. The van der Waals surface area contributed by atoms with Crippen LogP contribution in [0.15, 0.2) is 41.1 Å². The van der Waals surface area contributed by atoms with E-state index in [2.05, 4.69) is 39.6 Å². The Morgan fingerprint density at radius 1 is 1.35 bits per heavy atom. The minimum atomic E-state index is -0.0672. The van der Waals surface area contributed by atoms with Gasteiger partial charge < -0.3 is 10.6 Å². The molecule has 1 aromatic carbocycles. The van der Waals surface area contributed by atoms with Crippen molar-refractivity contribution in [2.45, 2.75) is 18.9 Å². The molecule has 3 nitrogen and oxygen atoms in total. The van der Waals surface area contributed by atoms with Crippen LogP contribution in [0.1, 0.15) is 22.6 Å². The number of hydrogen-bond donors (Lipinski definition) is 2. The van der Waals surface area contributed by atoms with Crippen LogP contribution in [0.4, 0.5) is 0 Å². The Bertz CT molecular complexity index is 580. The predicted molar refractivity (Wildman–Crippen MR) is 81.9 cm³/mol. The molecule has 1 aliphatic rings. The summed E-state index contributed by atoms with van der Waals surface area (Å²) in [4.78, 5) is 12.3. The van der Waals surface area contributed by atoms with E-state index >= 15 is 0 Å². The summed E-state index contributed by atoms with van der Waals surface area (Å²) >= 11 is 1.69. The van der Waals surface area contributed by atoms with Gasteiger partial charge in [-0.25, -0.2) is 0 Å². The second kappa shape index (κ2) is 6.20. The van der Waals surface area contributed by atoms with Crippen molar-refractivity contribution in [1.82, 2.24) is 10.6 Å². The zero-order chi connectivity index (χ0) is 13.8. The minimum Gasteiger partial charge on any atom is -0.355 e. The third-order valence-corrected chi connectivity index (χ3v) is 4.44. The lowest BCUT2D eigenvalue weighted by molar-refractivity contribution is -0.122. The number of carbonyl (C=O) groups is 1. The molecule has 0 aliphatic carbocycles. The maximum absolute atomic E-state index is 12.3. The largest absolute Gasteiger partial charge is 0.355 e. The van der Waals surface area contributed by atoms with Crippen molar-refractivity contribution in [3.8, 4) is 0 Å². The second-order valence-electron chi connectivity index (χ2n) is 5.05. The zero-order valence-electron chi connectivity index (χ0n) is 11.3. The average molecular weight is 286 g/mol. The molecule has 104 valence electrons. The first-order valence-electron chi connectivity index (χ1n) is 6.92. The molecule has 20 heavy (non-hydrogen) atoms. The van der Waals surface area contributed by atoms with Gasteiger partial charge in [-0.05, 0) is 39.9 Å². The fraction of sp³-hybridized carbons (Fsp3) is 0.312. The van der Waals surface area contributed by atoms with Gasteiger partial charge in [-0.3, -0.25) is 4.79 Å². The fourth-order valence-electron chi connectivity index (χ4n) is 2.62. The third-order valence-electron chi connectivity index (χ3n) is 3.70. The van der Waals surface area contributed by atoms with E-state index in [1.807, 2.05) is 12.1 Å². The minimum absolute atomic E-state index is 0.0672. The van der Waals surface area contributed by atoms with Crippen LogP contribution in [0.2, 0.25) is 0 Å². The van der Waals surface area contributed by atoms with Gasteiger partial charge in [-0.15, -0.1) is 0 Å². The van der Waals surface area contributed by atoms with E-state index < -0.39 is 0 Å². The quantitative estimate of drug-likeness (QED) is 0.905. The summed E-state index contributed by atoms with van der Waals surface area (Å²) in [6.07, 6.45) is 0.900. The van der Waals surface area contributed by atoms with Crippen LogP contribution in [-0.2, 0) is 17.8 Å². The van der Waals surface area contributed by atoms with Crippen molar-refractivity contribution >= 4 is 17.2 Å². The molecule has 0 saturated carbocycles. The number of thiophene rings is 1. The number of amides is 1. The van der Waals surface area contributed by atoms with Crippen LogP contribution in [0.3, 0.4) is 0 Å². The molecule has 3 rings (SSSR count). The number of nitrogens with one attached hydrogen (secondary N) is 2. The number of benzene rings is 1. The normalized spacial score (nSPS) is 17.5. The molecule has 4 heteroatoms. The van der Waals surface area contributed by atoms with Gasteiger partial charge in [0.2, 0.25) is 5.91 Å². The highest BCUT2D eigenvalue weighted by Gasteiger charge is 2.25. The average Bonchev–Trinajstić information content (AvgIpc) is 3.00. The number of rotatable bonds is 4. The van der Waals surface area contributed by atoms with E-state index in [1.54, 1.807) is 11.3 Å². The van der Waals surface area contributed by atoms with E-state index in [1.165, 1.54) is 16.7 Å². The molecule has 0 saturated heterocycles. The van der Waals surface area contributed by atoms with E-state index in [0.29, 0.717) is 6.54 Å². The van der Waals surface area contributed by atoms with Gasteiger partial charge in [0.05, 0.1) is 5.92 Å². The summed E-state index contributed by atoms with van der Waals surface area (Å²) < 4.78 is 0. The molecule has 1 unspecified atom stereocenters. The van der Waals surface area contributed by atoms with Crippen LogP contribution in [-0.4, -0.2) is 19.0 Å². The van der Waals surface area contributed by atoms with Crippen LogP contribution in [0.5, 0.6) is 0 Å². The second-order valence-corrected chi connectivity index (χ2v) is 5.83. The number of hydrogen-bond acceptors (Lipinski definition) is 3.